The second-order valence-electron chi connectivity index (χ2n) is 4.78. The SMILES string of the molecule is Cc1ccsc1C(=O)Nc1nc2c(s1)C[C@@H](N)CC2.Cl. The molecule has 2 heterocycles. The van der Waals surface area contributed by atoms with Gasteiger partial charge in [0, 0.05) is 10.9 Å². The number of thiophene rings is 1. The van der Waals surface area contributed by atoms with Crippen LogP contribution in [-0.4, -0.2) is 16.9 Å². The van der Waals surface area contributed by atoms with Crippen LogP contribution in [0.5, 0.6) is 0 Å². The van der Waals surface area contributed by atoms with E-state index in [0.29, 0.717) is 5.13 Å². The van der Waals surface area contributed by atoms with Gasteiger partial charge in [0.2, 0.25) is 0 Å². The van der Waals surface area contributed by atoms with Crippen molar-refractivity contribution in [3.63, 3.8) is 0 Å². The average molecular weight is 330 g/mol. The van der Waals surface area contributed by atoms with Gasteiger partial charge < -0.3 is 5.73 Å². The van der Waals surface area contributed by atoms with Crippen LogP contribution in [0.15, 0.2) is 11.4 Å². The maximum atomic E-state index is 12.1. The molecule has 0 radical (unpaired) electrons. The average Bonchev–Trinajstić information content (AvgIpc) is 2.94. The highest BCUT2D eigenvalue weighted by molar-refractivity contribution is 7.16. The highest BCUT2D eigenvalue weighted by Gasteiger charge is 2.21. The molecule has 0 aromatic carbocycles. The first kappa shape index (κ1) is 15.4. The molecule has 108 valence electrons. The van der Waals surface area contributed by atoms with Crippen molar-refractivity contribution < 1.29 is 4.79 Å². The van der Waals surface area contributed by atoms with E-state index in [1.807, 2.05) is 18.4 Å². The van der Waals surface area contributed by atoms with Gasteiger partial charge in [-0.3, -0.25) is 10.1 Å². The summed E-state index contributed by atoms with van der Waals surface area (Å²) in [7, 11) is 0. The van der Waals surface area contributed by atoms with Gasteiger partial charge in [-0.25, -0.2) is 4.98 Å². The number of halogens is 1. The summed E-state index contributed by atoms with van der Waals surface area (Å²) in [5.74, 6) is -0.0668. The Morgan fingerprint density at radius 1 is 1.55 bits per heavy atom. The molecule has 1 amide bonds. The van der Waals surface area contributed by atoms with Gasteiger partial charge in [0.15, 0.2) is 5.13 Å². The van der Waals surface area contributed by atoms with Crippen LogP contribution in [-0.2, 0) is 12.8 Å². The second kappa shape index (κ2) is 6.22. The normalized spacial score (nSPS) is 17.2. The van der Waals surface area contributed by atoms with E-state index in [1.54, 1.807) is 11.3 Å². The summed E-state index contributed by atoms with van der Waals surface area (Å²) in [6.07, 6.45) is 2.77. The molecule has 4 nitrogen and oxygen atoms in total. The minimum Gasteiger partial charge on any atom is -0.327 e. The highest BCUT2D eigenvalue weighted by atomic mass is 35.5. The van der Waals surface area contributed by atoms with Crippen LogP contribution in [0.25, 0.3) is 0 Å². The molecule has 0 spiro atoms. The summed E-state index contributed by atoms with van der Waals surface area (Å²) in [5.41, 5.74) is 8.06. The maximum absolute atomic E-state index is 12.1. The molecule has 0 unspecified atom stereocenters. The molecule has 0 fully saturated rings. The third kappa shape index (κ3) is 3.03. The minimum absolute atomic E-state index is 0. The van der Waals surface area contributed by atoms with Crippen LogP contribution < -0.4 is 11.1 Å². The van der Waals surface area contributed by atoms with E-state index in [0.717, 1.165) is 35.4 Å². The van der Waals surface area contributed by atoms with E-state index in [2.05, 4.69) is 10.3 Å². The fourth-order valence-electron chi connectivity index (χ4n) is 2.21. The first-order valence-electron chi connectivity index (χ1n) is 6.23. The summed E-state index contributed by atoms with van der Waals surface area (Å²) in [5, 5.41) is 5.51. The Hall–Kier alpha value is -0.950. The quantitative estimate of drug-likeness (QED) is 0.890. The predicted octanol–water partition coefficient (Wildman–Crippen LogP) is 3.00. The number of nitrogens with one attached hydrogen (secondary N) is 1. The number of amides is 1. The van der Waals surface area contributed by atoms with Gasteiger partial charge in [-0.1, -0.05) is 0 Å². The minimum atomic E-state index is -0.0668. The van der Waals surface area contributed by atoms with E-state index >= 15 is 0 Å². The topological polar surface area (TPSA) is 68.0 Å². The van der Waals surface area contributed by atoms with Crippen molar-refractivity contribution in [3.05, 3.63) is 32.5 Å². The molecule has 0 bridgehead atoms. The highest BCUT2D eigenvalue weighted by Crippen LogP contribution is 2.30. The Morgan fingerprint density at radius 3 is 3.05 bits per heavy atom. The van der Waals surface area contributed by atoms with Crippen molar-refractivity contribution in [2.24, 2.45) is 5.73 Å². The number of thiazole rings is 1. The fourth-order valence-corrected chi connectivity index (χ4v) is 4.13. The van der Waals surface area contributed by atoms with Crippen molar-refractivity contribution in [2.75, 3.05) is 5.32 Å². The molecule has 3 rings (SSSR count). The van der Waals surface area contributed by atoms with E-state index < -0.39 is 0 Å². The van der Waals surface area contributed by atoms with Crippen LogP contribution in [0.3, 0.4) is 0 Å². The zero-order chi connectivity index (χ0) is 13.4. The maximum Gasteiger partial charge on any atom is 0.267 e. The lowest BCUT2D eigenvalue weighted by Gasteiger charge is -2.15. The lowest BCUT2D eigenvalue weighted by molar-refractivity contribution is 0.103. The van der Waals surface area contributed by atoms with Crippen LogP contribution in [0.1, 0.15) is 32.2 Å². The van der Waals surface area contributed by atoms with E-state index in [4.69, 9.17) is 5.73 Å². The fraction of sp³-hybridized carbons (Fsp3) is 0.385. The standard InChI is InChI=1S/C13H15N3OS2.ClH/c1-7-4-5-18-11(7)12(17)16-13-15-9-3-2-8(14)6-10(9)19-13;/h4-5,8H,2-3,6,14H2,1H3,(H,15,16,17);1H/t8-;/m0./s1. The summed E-state index contributed by atoms with van der Waals surface area (Å²) >= 11 is 3.01. The van der Waals surface area contributed by atoms with E-state index in [1.165, 1.54) is 16.2 Å². The lowest BCUT2D eigenvalue weighted by atomic mass is 9.99. The van der Waals surface area contributed by atoms with Crippen LogP contribution >= 0.6 is 35.1 Å². The number of carbonyl (C=O) groups is 1. The van der Waals surface area contributed by atoms with Crippen molar-refractivity contribution in [2.45, 2.75) is 32.2 Å². The van der Waals surface area contributed by atoms with Crippen molar-refractivity contribution in [1.82, 2.24) is 4.98 Å². The second-order valence-corrected chi connectivity index (χ2v) is 6.78. The zero-order valence-corrected chi connectivity index (χ0v) is 13.5. The van der Waals surface area contributed by atoms with Gasteiger partial charge in [0.1, 0.15) is 0 Å². The molecular formula is C13H16ClN3OS2. The number of aromatic nitrogens is 1. The van der Waals surface area contributed by atoms with Gasteiger partial charge in [0.05, 0.1) is 10.6 Å². The van der Waals surface area contributed by atoms with Gasteiger partial charge in [-0.05, 0) is 43.2 Å². The summed E-state index contributed by atoms with van der Waals surface area (Å²) < 4.78 is 0. The third-order valence-electron chi connectivity index (χ3n) is 3.27. The van der Waals surface area contributed by atoms with Crippen molar-refractivity contribution >= 4 is 46.1 Å². The Labute approximate surface area is 131 Å². The molecule has 1 atom stereocenters. The van der Waals surface area contributed by atoms with E-state index in [9.17, 15) is 4.79 Å². The number of rotatable bonds is 2. The van der Waals surface area contributed by atoms with E-state index in [-0.39, 0.29) is 24.4 Å². The Morgan fingerprint density at radius 2 is 2.35 bits per heavy atom. The molecule has 1 aliphatic rings. The van der Waals surface area contributed by atoms with Crippen LogP contribution in [0.2, 0.25) is 0 Å². The number of hydrogen-bond acceptors (Lipinski definition) is 5. The number of carbonyl (C=O) groups excluding carboxylic acids is 1. The summed E-state index contributed by atoms with van der Waals surface area (Å²) in [6.45, 7) is 1.94. The molecule has 20 heavy (non-hydrogen) atoms. The number of nitrogens with two attached hydrogens (primary N) is 1. The molecule has 7 heteroatoms. The monoisotopic (exact) mass is 329 g/mol. The smallest absolute Gasteiger partial charge is 0.267 e. The van der Waals surface area contributed by atoms with Gasteiger partial charge >= 0.3 is 0 Å². The summed E-state index contributed by atoms with van der Waals surface area (Å²) in [4.78, 5) is 18.6. The molecule has 0 saturated carbocycles. The molecular weight excluding hydrogens is 314 g/mol. The number of anilines is 1. The Balaban J connectivity index is 0.00000147. The lowest BCUT2D eigenvalue weighted by Crippen LogP contribution is -2.27. The molecule has 2 aromatic heterocycles. The van der Waals surface area contributed by atoms with Gasteiger partial charge in [0.25, 0.3) is 5.91 Å². The third-order valence-corrected chi connectivity index (χ3v) is 5.32. The first-order chi connectivity index (χ1) is 9.13. The van der Waals surface area contributed by atoms with Crippen LogP contribution in [0, 0.1) is 6.92 Å². The largest absolute Gasteiger partial charge is 0.327 e. The number of aryl methyl sites for hydroxylation is 2. The van der Waals surface area contributed by atoms with Crippen molar-refractivity contribution in [3.8, 4) is 0 Å². The molecule has 1 aliphatic carbocycles. The molecule has 3 N–H and O–H groups in total. The number of fused-ring (bicyclic) bond motifs is 1. The Kier molecular flexibility index (Phi) is 4.80. The molecule has 0 aliphatic heterocycles. The predicted molar refractivity (Wildman–Crippen MR) is 86.4 cm³/mol. The summed E-state index contributed by atoms with van der Waals surface area (Å²) in [6, 6.07) is 2.18. The number of hydrogen-bond donors (Lipinski definition) is 2. The van der Waals surface area contributed by atoms with Gasteiger partial charge in [-0.15, -0.1) is 35.1 Å². The number of nitrogens with zero attached hydrogens (tertiary/aromatic N) is 1. The van der Waals surface area contributed by atoms with Gasteiger partial charge in [-0.2, -0.15) is 0 Å². The molecule has 0 saturated heterocycles. The van der Waals surface area contributed by atoms with Crippen LogP contribution in [0.4, 0.5) is 5.13 Å². The Bertz CT molecular complexity index is 623. The zero-order valence-electron chi connectivity index (χ0n) is 11.0. The molecule has 2 aromatic rings. The van der Waals surface area contributed by atoms with Crippen molar-refractivity contribution in [1.29, 1.82) is 0 Å². The first-order valence-corrected chi connectivity index (χ1v) is 7.92.